The van der Waals surface area contributed by atoms with Gasteiger partial charge in [-0.1, -0.05) is 25.1 Å². The molecule has 0 fully saturated rings. The van der Waals surface area contributed by atoms with Crippen molar-refractivity contribution in [3.63, 3.8) is 0 Å². The van der Waals surface area contributed by atoms with Crippen LogP contribution in [0.3, 0.4) is 0 Å². The lowest BCUT2D eigenvalue weighted by molar-refractivity contribution is 0.0608. The fraction of sp³-hybridized carbons (Fsp3) is 0.300. The van der Waals surface area contributed by atoms with Gasteiger partial charge < -0.3 is 14.0 Å². The van der Waals surface area contributed by atoms with Gasteiger partial charge in [-0.15, -0.1) is 0 Å². The van der Waals surface area contributed by atoms with Gasteiger partial charge in [-0.3, -0.25) is 14.8 Å². The Balaban J connectivity index is 1.71. The average Bonchev–Trinajstić information content (AvgIpc) is 3.27. The lowest BCUT2D eigenvalue weighted by atomic mass is 10.1. The van der Waals surface area contributed by atoms with Crippen molar-refractivity contribution in [2.45, 2.75) is 25.9 Å². The molecule has 1 unspecified atom stereocenters. The normalized spacial score (nSPS) is 16.4. The van der Waals surface area contributed by atoms with Crippen LogP contribution in [0, 0.1) is 0 Å². The lowest BCUT2D eigenvalue weighted by Gasteiger charge is -2.36. The van der Waals surface area contributed by atoms with Gasteiger partial charge in [0.25, 0.3) is 11.8 Å². The van der Waals surface area contributed by atoms with E-state index in [1.165, 1.54) is 0 Å². The van der Waals surface area contributed by atoms with E-state index in [9.17, 15) is 9.59 Å². The Hall–Kier alpha value is -3.06. The molecule has 0 spiro atoms. The first-order valence-corrected chi connectivity index (χ1v) is 9.05. The zero-order valence-electron chi connectivity index (χ0n) is 15.3. The molecule has 27 heavy (non-hydrogen) atoms. The zero-order chi connectivity index (χ0) is 19.1. The van der Waals surface area contributed by atoms with Crippen LogP contribution in [0.2, 0.25) is 0 Å². The molecule has 0 radical (unpaired) electrons. The first-order valence-electron chi connectivity index (χ1n) is 9.05. The van der Waals surface area contributed by atoms with Crippen LogP contribution in [0.4, 0.5) is 0 Å². The molecular formula is C20H22N4O3. The molecule has 0 saturated heterocycles. The minimum absolute atomic E-state index is 0.0128. The Morgan fingerprint density at radius 1 is 1.22 bits per heavy atom. The van der Waals surface area contributed by atoms with Crippen LogP contribution in [0.5, 0.6) is 0 Å². The number of carbonyl (C=O) groups is 2. The molecule has 0 aliphatic carbocycles. The standard InChI is InChI=1S/C20H22N4O3/c1-3-15-17-11-14(19(25)21-27)12-23(17)8-9-24(15)20(26)18-10-13-6-4-5-7-16(13)22(18)2/h4-7,10-12,15,27H,3,8-9H2,1-2H3,(H,21,25). The van der Waals surface area contributed by atoms with Crippen molar-refractivity contribution in [3.05, 3.63) is 59.5 Å². The second kappa shape index (κ2) is 6.59. The molecular weight excluding hydrogens is 344 g/mol. The molecule has 0 bridgehead atoms. The maximum atomic E-state index is 13.3. The number of para-hydroxylation sites is 1. The predicted octanol–water partition coefficient (Wildman–Crippen LogP) is 2.71. The highest BCUT2D eigenvalue weighted by atomic mass is 16.5. The molecule has 7 nitrogen and oxygen atoms in total. The highest BCUT2D eigenvalue weighted by molar-refractivity contribution is 5.99. The fourth-order valence-corrected chi connectivity index (χ4v) is 4.04. The van der Waals surface area contributed by atoms with E-state index in [0.29, 0.717) is 24.3 Å². The smallest absolute Gasteiger partial charge is 0.276 e. The number of hydroxylamine groups is 1. The number of rotatable bonds is 3. The van der Waals surface area contributed by atoms with Crippen molar-refractivity contribution in [2.24, 2.45) is 7.05 Å². The minimum atomic E-state index is -0.543. The maximum absolute atomic E-state index is 13.3. The number of hydrogen-bond donors (Lipinski definition) is 2. The fourth-order valence-electron chi connectivity index (χ4n) is 4.04. The van der Waals surface area contributed by atoms with Crippen LogP contribution < -0.4 is 5.48 Å². The number of amides is 2. The number of aryl methyl sites for hydroxylation is 1. The van der Waals surface area contributed by atoms with Gasteiger partial charge in [0, 0.05) is 42.9 Å². The van der Waals surface area contributed by atoms with Crippen molar-refractivity contribution < 1.29 is 14.8 Å². The van der Waals surface area contributed by atoms with Gasteiger partial charge in [-0.25, -0.2) is 5.48 Å². The monoisotopic (exact) mass is 366 g/mol. The Bertz CT molecular complexity index is 1030. The van der Waals surface area contributed by atoms with Crippen molar-refractivity contribution >= 4 is 22.7 Å². The summed E-state index contributed by atoms with van der Waals surface area (Å²) in [5.74, 6) is -0.556. The zero-order valence-corrected chi connectivity index (χ0v) is 15.3. The van der Waals surface area contributed by atoms with Crippen LogP contribution in [-0.4, -0.2) is 37.6 Å². The van der Waals surface area contributed by atoms with Crippen LogP contribution in [0.15, 0.2) is 42.6 Å². The molecule has 2 aromatic heterocycles. The van der Waals surface area contributed by atoms with Crippen LogP contribution in [0.1, 0.15) is 45.9 Å². The molecule has 7 heteroatoms. The number of hydrogen-bond acceptors (Lipinski definition) is 3. The molecule has 4 rings (SSSR count). The molecule has 2 amide bonds. The third-order valence-electron chi connectivity index (χ3n) is 5.41. The highest BCUT2D eigenvalue weighted by Crippen LogP contribution is 2.32. The summed E-state index contributed by atoms with van der Waals surface area (Å²) in [6.45, 7) is 3.21. The molecule has 1 aliphatic rings. The minimum Gasteiger partial charge on any atom is -0.347 e. The summed E-state index contributed by atoms with van der Waals surface area (Å²) in [5.41, 5.74) is 4.65. The summed E-state index contributed by atoms with van der Waals surface area (Å²) < 4.78 is 3.92. The molecule has 3 aromatic rings. The molecule has 0 saturated carbocycles. The van der Waals surface area contributed by atoms with E-state index in [2.05, 4.69) is 0 Å². The number of nitrogens with zero attached hydrogens (tertiary/aromatic N) is 3. The van der Waals surface area contributed by atoms with E-state index in [1.807, 2.05) is 58.3 Å². The summed E-state index contributed by atoms with van der Waals surface area (Å²) in [6, 6.07) is 11.5. The summed E-state index contributed by atoms with van der Waals surface area (Å²) in [5, 5.41) is 9.93. The second-order valence-electron chi connectivity index (χ2n) is 6.86. The Labute approximate surface area is 156 Å². The Morgan fingerprint density at radius 3 is 2.70 bits per heavy atom. The number of benzene rings is 1. The largest absolute Gasteiger partial charge is 0.347 e. The predicted molar refractivity (Wildman–Crippen MR) is 101 cm³/mol. The van der Waals surface area contributed by atoms with Gasteiger partial charge in [0.05, 0.1) is 11.6 Å². The summed E-state index contributed by atoms with van der Waals surface area (Å²) in [4.78, 5) is 27.0. The molecule has 1 atom stereocenters. The van der Waals surface area contributed by atoms with Crippen LogP contribution in [0.25, 0.3) is 10.9 Å². The van der Waals surface area contributed by atoms with Gasteiger partial charge >= 0.3 is 0 Å². The summed E-state index contributed by atoms with van der Waals surface area (Å²) in [7, 11) is 1.91. The Morgan fingerprint density at radius 2 is 2.00 bits per heavy atom. The SMILES string of the molecule is CCC1c2cc(C(=O)NO)cn2CCN1C(=O)c1cc2ccccc2n1C. The van der Waals surface area contributed by atoms with Crippen molar-refractivity contribution in [1.29, 1.82) is 0 Å². The first kappa shape index (κ1) is 17.4. The quantitative estimate of drug-likeness (QED) is 0.552. The van der Waals surface area contributed by atoms with Gasteiger partial charge in [0.15, 0.2) is 0 Å². The van der Waals surface area contributed by atoms with Crippen molar-refractivity contribution in [3.8, 4) is 0 Å². The highest BCUT2D eigenvalue weighted by Gasteiger charge is 2.32. The van der Waals surface area contributed by atoms with Crippen molar-refractivity contribution in [1.82, 2.24) is 19.5 Å². The Kier molecular flexibility index (Phi) is 4.24. The van der Waals surface area contributed by atoms with Gasteiger partial charge in [-0.2, -0.15) is 0 Å². The molecule has 2 N–H and O–H groups in total. The number of fused-ring (bicyclic) bond motifs is 2. The molecule has 1 aromatic carbocycles. The average molecular weight is 366 g/mol. The van der Waals surface area contributed by atoms with Crippen molar-refractivity contribution in [2.75, 3.05) is 6.54 Å². The van der Waals surface area contributed by atoms with Crippen LogP contribution in [-0.2, 0) is 13.6 Å². The number of carbonyl (C=O) groups excluding carboxylic acids is 2. The van der Waals surface area contributed by atoms with E-state index in [0.717, 1.165) is 23.0 Å². The number of aromatic nitrogens is 2. The van der Waals surface area contributed by atoms with E-state index in [1.54, 1.807) is 17.7 Å². The van der Waals surface area contributed by atoms with Gasteiger partial charge in [-0.05, 0) is 24.6 Å². The third kappa shape index (κ3) is 2.71. The maximum Gasteiger partial charge on any atom is 0.276 e. The molecule has 140 valence electrons. The second-order valence-corrected chi connectivity index (χ2v) is 6.86. The van der Waals surface area contributed by atoms with E-state index in [-0.39, 0.29) is 11.9 Å². The lowest BCUT2D eigenvalue weighted by Crippen LogP contribution is -2.42. The molecule has 3 heterocycles. The van der Waals surface area contributed by atoms with E-state index >= 15 is 0 Å². The summed E-state index contributed by atoms with van der Waals surface area (Å²) in [6.07, 6.45) is 2.46. The first-order chi connectivity index (χ1) is 13.0. The number of nitrogens with one attached hydrogen (secondary N) is 1. The van der Waals surface area contributed by atoms with Gasteiger partial charge in [0.1, 0.15) is 5.69 Å². The molecule has 1 aliphatic heterocycles. The van der Waals surface area contributed by atoms with E-state index < -0.39 is 5.91 Å². The van der Waals surface area contributed by atoms with E-state index in [4.69, 9.17) is 5.21 Å². The summed E-state index contributed by atoms with van der Waals surface area (Å²) >= 11 is 0. The topological polar surface area (TPSA) is 79.5 Å². The third-order valence-corrected chi connectivity index (χ3v) is 5.41. The van der Waals surface area contributed by atoms with Crippen LogP contribution >= 0.6 is 0 Å². The van der Waals surface area contributed by atoms with Gasteiger partial charge in [0.2, 0.25) is 0 Å².